The highest BCUT2D eigenvalue weighted by Crippen LogP contribution is 2.18. The molecule has 4 nitrogen and oxygen atoms in total. The first-order valence-corrected chi connectivity index (χ1v) is 6.99. The molecule has 0 aliphatic rings. The predicted octanol–water partition coefficient (Wildman–Crippen LogP) is 3.19. The minimum Gasteiger partial charge on any atom is -0.364 e. The SMILES string of the molecule is O=C(NCCCc1cnoc1)c1cccc2ccccc12. The van der Waals surface area contributed by atoms with Gasteiger partial charge in [-0.05, 0) is 29.7 Å². The van der Waals surface area contributed by atoms with Crippen molar-refractivity contribution in [1.82, 2.24) is 10.5 Å². The van der Waals surface area contributed by atoms with Crippen LogP contribution in [0.1, 0.15) is 22.3 Å². The van der Waals surface area contributed by atoms with Gasteiger partial charge in [-0.2, -0.15) is 0 Å². The molecule has 0 spiro atoms. The molecule has 4 heteroatoms. The highest BCUT2D eigenvalue weighted by atomic mass is 16.5. The largest absolute Gasteiger partial charge is 0.364 e. The van der Waals surface area contributed by atoms with E-state index in [9.17, 15) is 4.79 Å². The third-order valence-corrected chi connectivity index (χ3v) is 3.45. The topological polar surface area (TPSA) is 55.1 Å². The van der Waals surface area contributed by atoms with Crippen molar-refractivity contribution in [3.8, 4) is 0 Å². The van der Waals surface area contributed by atoms with E-state index in [4.69, 9.17) is 4.52 Å². The van der Waals surface area contributed by atoms with Gasteiger partial charge in [0.25, 0.3) is 5.91 Å². The van der Waals surface area contributed by atoms with Crippen LogP contribution in [0.25, 0.3) is 10.8 Å². The fourth-order valence-corrected chi connectivity index (χ4v) is 2.36. The lowest BCUT2D eigenvalue weighted by molar-refractivity contribution is 0.0955. The van der Waals surface area contributed by atoms with Crippen LogP contribution in [0.15, 0.2) is 59.4 Å². The quantitative estimate of drug-likeness (QED) is 0.730. The van der Waals surface area contributed by atoms with Gasteiger partial charge in [-0.3, -0.25) is 4.79 Å². The molecule has 3 rings (SSSR count). The zero-order valence-corrected chi connectivity index (χ0v) is 11.6. The zero-order valence-electron chi connectivity index (χ0n) is 11.6. The number of amides is 1. The first kappa shape index (κ1) is 13.4. The van der Waals surface area contributed by atoms with E-state index in [0.717, 1.165) is 34.7 Å². The lowest BCUT2D eigenvalue weighted by Crippen LogP contribution is -2.24. The number of carbonyl (C=O) groups excluding carboxylic acids is 1. The van der Waals surface area contributed by atoms with Crippen molar-refractivity contribution in [2.24, 2.45) is 0 Å². The summed E-state index contributed by atoms with van der Waals surface area (Å²) in [5.41, 5.74) is 1.77. The van der Waals surface area contributed by atoms with Crippen molar-refractivity contribution in [1.29, 1.82) is 0 Å². The molecule has 1 heterocycles. The summed E-state index contributed by atoms with van der Waals surface area (Å²) in [6, 6.07) is 13.7. The van der Waals surface area contributed by atoms with Gasteiger partial charge in [0.05, 0.1) is 6.20 Å². The minimum absolute atomic E-state index is 0.0304. The third kappa shape index (κ3) is 3.11. The Kier molecular flexibility index (Phi) is 3.96. The average Bonchev–Trinajstić information content (AvgIpc) is 3.04. The summed E-state index contributed by atoms with van der Waals surface area (Å²) >= 11 is 0. The van der Waals surface area contributed by atoms with Gasteiger partial charge < -0.3 is 9.84 Å². The number of carbonyl (C=O) groups is 1. The van der Waals surface area contributed by atoms with Gasteiger partial charge in [0.15, 0.2) is 0 Å². The number of rotatable bonds is 5. The van der Waals surface area contributed by atoms with Crippen LogP contribution in [-0.4, -0.2) is 17.6 Å². The molecule has 0 saturated carbocycles. The highest BCUT2D eigenvalue weighted by Gasteiger charge is 2.08. The standard InChI is InChI=1S/C17H16N2O2/c20-17(18-10-4-5-13-11-19-21-12-13)16-9-3-7-14-6-1-2-8-15(14)16/h1-3,6-9,11-12H,4-5,10H2,(H,18,20). The maximum Gasteiger partial charge on any atom is 0.251 e. The summed E-state index contributed by atoms with van der Waals surface area (Å²) < 4.78 is 4.77. The molecule has 21 heavy (non-hydrogen) atoms. The fourth-order valence-electron chi connectivity index (χ4n) is 2.36. The van der Waals surface area contributed by atoms with E-state index in [2.05, 4.69) is 10.5 Å². The Morgan fingerprint density at radius 1 is 1.14 bits per heavy atom. The number of aryl methyl sites for hydroxylation is 1. The number of hydrogen-bond donors (Lipinski definition) is 1. The Labute approximate surface area is 122 Å². The molecule has 2 aromatic carbocycles. The minimum atomic E-state index is -0.0304. The molecule has 106 valence electrons. The molecule has 0 aliphatic carbocycles. The molecule has 0 aliphatic heterocycles. The summed E-state index contributed by atoms with van der Waals surface area (Å²) in [6.45, 7) is 0.632. The third-order valence-electron chi connectivity index (χ3n) is 3.45. The molecular formula is C17H16N2O2. The molecule has 0 saturated heterocycles. The number of benzene rings is 2. The first-order chi connectivity index (χ1) is 10.3. The normalized spacial score (nSPS) is 10.7. The van der Waals surface area contributed by atoms with Crippen molar-refractivity contribution in [3.63, 3.8) is 0 Å². The lowest BCUT2D eigenvalue weighted by Gasteiger charge is -2.07. The molecule has 0 bridgehead atoms. The van der Waals surface area contributed by atoms with Gasteiger partial charge in [0.1, 0.15) is 6.26 Å². The van der Waals surface area contributed by atoms with Gasteiger partial charge >= 0.3 is 0 Å². The molecule has 1 amide bonds. The molecule has 1 aromatic heterocycles. The van der Waals surface area contributed by atoms with E-state index < -0.39 is 0 Å². The summed E-state index contributed by atoms with van der Waals surface area (Å²) in [7, 11) is 0. The van der Waals surface area contributed by atoms with Crippen molar-refractivity contribution in [2.75, 3.05) is 6.54 Å². The zero-order chi connectivity index (χ0) is 14.5. The fraction of sp³-hybridized carbons (Fsp3) is 0.176. The van der Waals surface area contributed by atoms with Gasteiger partial charge in [-0.25, -0.2) is 0 Å². The second kappa shape index (κ2) is 6.22. The average molecular weight is 280 g/mol. The van der Waals surface area contributed by atoms with Gasteiger partial charge in [-0.1, -0.05) is 41.6 Å². The Morgan fingerprint density at radius 3 is 2.86 bits per heavy atom. The number of nitrogens with zero attached hydrogens (tertiary/aromatic N) is 1. The van der Waals surface area contributed by atoms with Crippen LogP contribution in [0, 0.1) is 0 Å². The van der Waals surface area contributed by atoms with Crippen LogP contribution < -0.4 is 5.32 Å². The lowest BCUT2D eigenvalue weighted by atomic mass is 10.0. The van der Waals surface area contributed by atoms with E-state index in [1.807, 2.05) is 42.5 Å². The molecule has 0 unspecified atom stereocenters. The smallest absolute Gasteiger partial charge is 0.251 e. The summed E-state index contributed by atoms with van der Waals surface area (Å²) in [4.78, 5) is 12.3. The highest BCUT2D eigenvalue weighted by molar-refractivity contribution is 6.06. The predicted molar refractivity (Wildman–Crippen MR) is 81.1 cm³/mol. The van der Waals surface area contributed by atoms with Crippen LogP contribution in [0.5, 0.6) is 0 Å². The van der Waals surface area contributed by atoms with Crippen molar-refractivity contribution in [3.05, 3.63) is 66.1 Å². The molecule has 0 atom stereocenters. The Hall–Kier alpha value is -2.62. The number of aromatic nitrogens is 1. The Balaban J connectivity index is 1.62. The monoisotopic (exact) mass is 280 g/mol. The first-order valence-electron chi connectivity index (χ1n) is 6.99. The van der Waals surface area contributed by atoms with Crippen LogP contribution in [0.4, 0.5) is 0 Å². The van der Waals surface area contributed by atoms with Gasteiger partial charge in [-0.15, -0.1) is 0 Å². The van der Waals surface area contributed by atoms with Crippen LogP contribution >= 0.6 is 0 Å². The van der Waals surface area contributed by atoms with Crippen molar-refractivity contribution in [2.45, 2.75) is 12.8 Å². The summed E-state index contributed by atoms with van der Waals surface area (Å²) in [6.07, 6.45) is 5.04. The number of hydrogen-bond acceptors (Lipinski definition) is 3. The molecule has 3 aromatic rings. The van der Waals surface area contributed by atoms with Gasteiger partial charge in [0, 0.05) is 17.7 Å². The van der Waals surface area contributed by atoms with E-state index >= 15 is 0 Å². The van der Waals surface area contributed by atoms with Crippen LogP contribution in [0.2, 0.25) is 0 Å². The number of nitrogens with one attached hydrogen (secondary N) is 1. The summed E-state index contributed by atoms with van der Waals surface area (Å²) in [5.74, 6) is -0.0304. The maximum absolute atomic E-state index is 12.3. The maximum atomic E-state index is 12.3. The van der Waals surface area contributed by atoms with Crippen LogP contribution in [-0.2, 0) is 6.42 Å². The molecular weight excluding hydrogens is 264 g/mol. The van der Waals surface area contributed by atoms with Crippen molar-refractivity contribution >= 4 is 16.7 Å². The van der Waals surface area contributed by atoms with E-state index in [-0.39, 0.29) is 5.91 Å². The second-order valence-corrected chi connectivity index (χ2v) is 4.92. The van der Waals surface area contributed by atoms with Crippen LogP contribution in [0.3, 0.4) is 0 Å². The van der Waals surface area contributed by atoms with Gasteiger partial charge in [0.2, 0.25) is 0 Å². The van der Waals surface area contributed by atoms with E-state index in [0.29, 0.717) is 6.54 Å². The van der Waals surface area contributed by atoms with E-state index in [1.165, 1.54) is 0 Å². The second-order valence-electron chi connectivity index (χ2n) is 4.92. The molecule has 0 radical (unpaired) electrons. The Bertz CT molecular complexity index is 730. The Morgan fingerprint density at radius 2 is 2.00 bits per heavy atom. The molecule has 1 N–H and O–H groups in total. The van der Waals surface area contributed by atoms with Crippen molar-refractivity contribution < 1.29 is 9.32 Å². The number of fused-ring (bicyclic) bond motifs is 1. The van der Waals surface area contributed by atoms with E-state index in [1.54, 1.807) is 12.5 Å². The summed E-state index contributed by atoms with van der Waals surface area (Å²) in [5, 5.41) is 8.68. The molecule has 0 fully saturated rings.